The number of aliphatic hydroxyl groups is 1. The molecule has 7 nitrogen and oxygen atoms in total. The zero-order valence-corrected chi connectivity index (χ0v) is 13.9. The molecule has 0 saturated heterocycles. The fourth-order valence-corrected chi connectivity index (χ4v) is 3.50. The van der Waals surface area contributed by atoms with E-state index in [4.69, 9.17) is 5.53 Å². The number of nitrogens with one attached hydrogen (secondary N) is 1. The molecule has 0 spiro atoms. The Morgan fingerprint density at radius 1 is 1.17 bits per heavy atom. The lowest BCUT2D eigenvalue weighted by atomic mass is 10.0. The van der Waals surface area contributed by atoms with Crippen LogP contribution in [0.2, 0.25) is 0 Å². The minimum atomic E-state index is -3.85. The summed E-state index contributed by atoms with van der Waals surface area (Å²) in [6.45, 7) is 1.34. The zero-order valence-electron chi connectivity index (χ0n) is 13.1. The highest BCUT2D eigenvalue weighted by Gasteiger charge is 2.27. The van der Waals surface area contributed by atoms with Gasteiger partial charge >= 0.3 is 0 Å². The van der Waals surface area contributed by atoms with Gasteiger partial charge in [-0.3, -0.25) is 0 Å². The summed E-state index contributed by atoms with van der Waals surface area (Å²) < 4.78 is 27.4. The third kappa shape index (κ3) is 4.33. The Morgan fingerprint density at radius 2 is 1.79 bits per heavy atom. The molecular formula is C16H18N4O3S. The molecule has 0 aliphatic heterocycles. The molecule has 2 aromatic carbocycles. The van der Waals surface area contributed by atoms with Crippen LogP contribution >= 0.6 is 0 Å². The molecular weight excluding hydrogens is 328 g/mol. The van der Waals surface area contributed by atoms with Gasteiger partial charge in [-0.15, -0.1) is 0 Å². The average molecular weight is 346 g/mol. The normalized spacial score (nSPS) is 13.8. The first kappa shape index (κ1) is 18.0. The van der Waals surface area contributed by atoms with E-state index in [-0.39, 0.29) is 4.90 Å². The molecule has 2 N–H and O–H groups in total. The highest BCUT2D eigenvalue weighted by Crippen LogP contribution is 2.23. The van der Waals surface area contributed by atoms with Crippen LogP contribution in [0.5, 0.6) is 0 Å². The molecule has 24 heavy (non-hydrogen) atoms. The van der Waals surface area contributed by atoms with Gasteiger partial charge in [0.1, 0.15) is 0 Å². The third-order valence-electron chi connectivity index (χ3n) is 3.53. The van der Waals surface area contributed by atoms with Crippen LogP contribution in [-0.4, -0.2) is 26.2 Å². The van der Waals surface area contributed by atoms with Crippen molar-refractivity contribution in [2.75, 3.05) is 6.61 Å². The van der Waals surface area contributed by atoms with E-state index in [1.807, 2.05) is 6.92 Å². The SMILES string of the molecule is Cc1ccc(S(=O)(=O)N[C@H](CO)[C@@H](N=[N+]=[N-])c2ccccc2)cc1. The second-order valence-electron chi connectivity index (χ2n) is 5.28. The van der Waals surface area contributed by atoms with E-state index in [1.165, 1.54) is 12.1 Å². The number of rotatable bonds is 7. The zero-order chi connectivity index (χ0) is 17.6. The summed E-state index contributed by atoms with van der Waals surface area (Å²) in [6, 6.07) is 13.2. The summed E-state index contributed by atoms with van der Waals surface area (Å²) in [5.74, 6) is 0. The number of nitrogens with zero attached hydrogens (tertiary/aromatic N) is 3. The number of hydrogen-bond donors (Lipinski definition) is 2. The first-order valence-electron chi connectivity index (χ1n) is 7.27. The van der Waals surface area contributed by atoms with E-state index in [2.05, 4.69) is 14.7 Å². The number of benzene rings is 2. The largest absolute Gasteiger partial charge is 0.395 e. The Bertz CT molecular complexity index is 816. The topological polar surface area (TPSA) is 115 Å². The van der Waals surface area contributed by atoms with Crippen LogP contribution in [0, 0.1) is 6.92 Å². The lowest BCUT2D eigenvalue weighted by molar-refractivity contribution is 0.239. The van der Waals surface area contributed by atoms with Crippen molar-refractivity contribution in [1.82, 2.24) is 4.72 Å². The quantitative estimate of drug-likeness (QED) is 0.456. The maximum absolute atomic E-state index is 12.5. The Balaban J connectivity index is 2.32. The first-order valence-corrected chi connectivity index (χ1v) is 8.75. The molecule has 0 fully saturated rings. The van der Waals surface area contributed by atoms with Gasteiger partial charge in [-0.2, -0.15) is 0 Å². The molecule has 2 aromatic rings. The molecule has 8 heteroatoms. The molecule has 126 valence electrons. The number of aliphatic hydroxyl groups excluding tert-OH is 1. The van der Waals surface area contributed by atoms with Crippen molar-refractivity contribution >= 4 is 10.0 Å². The van der Waals surface area contributed by atoms with Gasteiger partial charge in [-0.25, -0.2) is 13.1 Å². The van der Waals surface area contributed by atoms with Crippen molar-refractivity contribution in [3.8, 4) is 0 Å². The first-order chi connectivity index (χ1) is 11.5. The van der Waals surface area contributed by atoms with Crippen molar-refractivity contribution in [2.45, 2.75) is 23.9 Å². The van der Waals surface area contributed by atoms with E-state index >= 15 is 0 Å². The van der Waals surface area contributed by atoms with E-state index < -0.39 is 28.7 Å². The van der Waals surface area contributed by atoms with Crippen LogP contribution in [-0.2, 0) is 10.0 Å². The summed E-state index contributed by atoms with van der Waals surface area (Å²) in [7, 11) is -3.85. The Hall–Kier alpha value is -2.38. The molecule has 0 aromatic heterocycles. The van der Waals surface area contributed by atoms with Crippen LogP contribution in [0.15, 0.2) is 64.6 Å². The smallest absolute Gasteiger partial charge is 0.240 e. The fourth-order valence-electron chi connectivity index (χ4n) is 2.27. The van der Waals surface area contributed by atoms with Crippen molar-refractivity contribution < 1.29 is 13.5 Å². The molecule has 0 aliphatic rings. The summed E-state index contributed by atoms with van der Waals surface area (Å²) in [4.78, 5) is 2.86. The van der Waals surface area contributed by atoms with Gasteiger partial charge in [-0.05, 0) is 30.2 Å². The summed E-state index contributed by atoms with van der Waals surface area (Å²) in [5.41, 5.74) is 10.3. The van der Waals surface area contributed by atoms with Gasteiger partial charge in [0, 0.05) is 4.91 Å². The number of sulfonamides is 1. The van der Waals surface area contributed by atoms with Crippen LogP contribution in [0.3, 0.4) is 0 Å². The monoisotopic (exact) mass is 346 g/mol. The Morgan fingerprint density at radius 3 is 2.33 bits per heavy atom. The third-order valence-corrected chi connectivity index (χ3v) is 5.04. The van der Waals surface area contributed by atoms with Crippen LogP contribution in [0.4, 0.5) is 0 Å². The van der Waals surface area contributed by atoms with Gasteiger partial charge in [0.25, 0.3) is 0 Å². The minimum Gasteiger partial charge on any atom is -0.395 e. The molecule has 2 atom stereocenters. The van der Waals surface area contributed by atoms with Gasteiger partial charge in [0.15, 0.2) is 0 Å². The minimum absolute atomic E-state index is 0.0827. The van der Waals surface area contributed by atoms with Crippen molar-refractivity contribution in [3.63, 3.8) is 0 Å². The summed E-state index contributed by atoms with van der Waals surface area (Å²) >= 11 is 0. The molecule has 0 saturated carbocycles. The average Bonchev–Trinajstić information content (AvgIpc) is 2.59. The highest BCUT2D eigenvalue weighted by atomic mass is 32.2. The second-order valence-corrected chi connectivity index (χ2v) is 7.00. The Kier molecular flexibility index (Phi) is 5.94. The van der Waals surface area contributed by atoms with E-state index in [0.717, 1.165) is 5.56 Å². The number of aryl methyl sites for hydroxylation is 1. The van der Waals surface area contributed by atoms with E-state index in [1.54, 1.807) is 42.5 Å². The summed E-state index contributed by atoms with van der Waals surface area (Å²) in [5, 5.41) is 13.3. The Labute approximate surface area is 140 Å². The van der Waals surface area contributed by atoms with Gasteiger partial charge in [-0.1, -0.05) is 53.1 Å². The van der Waals surface area contributed by atoms with E-state index in [9.17, 15) is 13.5 Å². The lowest BCUT2D eigenvalue weighted by Crippen LogP contribution is -2.41. The molecule has 0 unspecified atom stereocenters. The van der Waals surface area contributed by atoms with Crippen molar-refractivity contribution in [3.05, 3.63) is 76.2 Å². The lowest BCUT2D eigenvalue weighted by Gasteiger charge is -2.23. The van der Waals surface area contributed by atoms with Crippen LogP contribution in [0.25, 0.3) is 10.4 Å². The molecule has 0 bridgehead atoms. The van der Waals surface area contributed by atoms with Gasteiger partial charge in [0.2, 0.25) is 10.0 Å². The van der Waals surface area contributed by atoms with Crippen LogP contribution < -0.4 is 4.72 Å². The van der Waals surface area contributed by atoms with Crippen molar-refractivity contribution in [2.24, 2.45) is 5.11 Å². The molecule has 0 aliphatic carbocycles. The molecule has 0 amide bonds. The van der Waals surface area contributed by atoms with Gasteiger partial charge < -0.3 is 5.11 Å². The maximum Gasteiger partial charge on any atom is 0.240 e. The fraction of sp³-hybridized carbons (Fsp3) is 0.250. The number of hydrogen-bond acceptors (Lipinski definition) is 4. The second kappa shape index (κ2) is 7.94. The van der Waals surface area contributed by atoms with E-state index in [0.29, 0.717) is 5.56 Å². The molecule has 2 rings (SSSR count). The maximum atomic E-state index is 12.5. The number of azide groups is 1. The van der Waals surface area contributed by atoms with Gasteiger partial charge in [0.05, 0.1) is 23.6 Å². The molecule has 0 radical (unpaired) electrons. The highest BCUT2D eigenvalue weighted by molar-refractivity contribution is 7.89. The van der Waals surface area contributed by atoms with Crippen LogP contribution in [0.1, 0.15) is 17.2 Å². The summed E-state index contributed by atoms with van der Waals surface area (Å²) in [6.07, 6.45) is 0. The predicted molar refractivity (Wildman–Crippen MR) is 90.7 cm³/mol. The van der Waals surface area contributed by atoms with Crippen molar-refractivity contribution in [1.29, 1.82) is 0 Å². The standard InChI is InChI=1S/C16H18N4O3S/c1-12-7-9-14(10-8-12)24(22,23)19-15(11-21)16(18-20-17)13-5-3-2-4-6-13/h2-10,15-16,19,21H,11H2,1H3/t15-,16+/m1/s1. The predicted octanol–water partition coefficient (Wildman–Crippen LogP) is 2.69. The molecule has 0 heterocycles.